The molecular formula is C19H19N5O3. The average Bonchev–Trinajstić information content (AvgIpc) is 3.09. The van der Waals surface area contributed by atoms with E-state index in [0.29, 0.717) is 17.8 Å². The molecule has 138 valence electrons. The van der Waals surface area contributed by atoms with E-state index in [4.69, 9.17) is 4.74 Å². The Morgan fingerprint density at radius 2 is 2.04 bits per heavy atom. The van der Waals surface area contributed by atoms with Crippen LogP contribution in [0.25, 0.3) is 16.7 Å². The summed E-state index contributed by atoms with van der Waals surface area (Å²) in [6.45, 7) is 2.07. The standard InChI is InChI=1S/C19H19N5O3/c1-4-27-19(26)14-9-13-7-8-24(17(13)21-10-14)15-5-6-16(20-11-15)18(25)22-12-23(2)3/h5-12H,4H2,1-3H3. The van der Waals surface area contributed by atoms with Crippen LogP contribution in [0.2, 0.25) is 0 Å². The van der Waals surface area contributed by atoms with E-state index in [9.17, 15) is 9.59 Å². The number of aliphatic imine (C=N–C) groups is 1. The Hall–Kier alpha value is -3.55. The molecule has 0 fully saturated rings. The summed E-state index contributed by atoms with van der Waals surface area (Å²) in [7, 11) is 3.57. The van der Waals surface area contributed by atoms with Crippen LogP contribution in [0.5, 0.6) is 0 Å². The zero-order valence-corrected chi connectivity index (χ0v) is 15.3. The van der Waals surface area contributed by atoms with E-state index in [2.05, 4.69) is 15.0 Å². The number of ether oxygens (including phenoxy) is 1. The molecule has 0 atom stereocenters. The smallest absolute Gasteiger partial charge is 0.339 e. The molecule has 0 aliphatic carbocycles. The number of rotatable bonds is 5. The molecule has 1 amide bonds. The number of fused-ring (bicyclic) bond motifs is 1. The van der Waals surface area contributed by atoms with Crippen LogP contribution in [0.1, 0.15) is 27.8 Å². The van der Waals surface area contributed by atoms with Crippen LogP contribution >= 0.6 is 0 Å². The minimum atomic E-state index is -0.412. The van der Waals surface area contributed by atoms with Gasteiger partial charge in [0.05, 0.1) is 30.4 Å². The highest BCUT2D eigenvalue weighted by atomic mass is 16.5. The summed E-state index contributed by atoms with van der Waals surface area (Å²) in [6.07, 6.45) is 6.33. The number of pyridine rings is 2. The third-order valence-electron chi connectivity index (χ3n) is 3.69. The highest BCUT2D eigenvalue weighted by Crippen LogP contribution is 2.20. The Bertz CT molecular complexity index is 1010. The van der Waals surface area contributed by atoms with E-state index in [1.54, 1.807) is 50.3 Å². The molecule has 0 aliphatic rings. The van der Waals surface area contributed by atoms with Gasteiger partial charge >= 0.3 is 5.97 Å². The molecule has 8 nitrogen and oxygen atoms in total. The van der Waals surface area contributed by atoms with Crippen molar-refractivity contribution in [1.82, 2.24) is 19.4 Å². The highest BCUT2D eigenvalue weighted by molar-refractivity contribution is 5.97. The van der Waals surface area contributed by atoms with Gasteiger partial charge in [0.15, 0.2) is 0 Å². The van der Waals surface area contributed by atoms with Crippen LogP contribution < -0.4 is 0 Å². The van der Waals surface area contributed by atoms with Gasteiger partial charge in [-0.3, -0.25) is 9.36 Å². The van der Waals surface area contributed by atoms with Gasteiger partial charge in [-0.2, -0.15) is 4.99 Å². The molecule has 27 heavy (non-hydrogen) atoms. The van der Waals surface area contributed by atoms with Gasteiger partial charge in [-0.1, -0.05) is 0 Å². The molecule has 0 radical (unpaired) electrons. The van der Waals surface area contributed by atoms with Crippen LogP contribution in [0.15, 0.2) is 47.8 Å². The maximum atomic E-state index is 12.0. The molecule has 0 saturated heterocycles. The summed E-state index contributed by atoms with van der Waals surface area (Å²) in [5, 5.41) is 0.802. The average molecular weight is 365 g/mol. The minimum absolute atomic E-state index is 0.255. The maximum absolute atomic E-state index is 12.0. The number of hydrogen-bond acceptors (Lipinski definition) is 5. The number of carbonyl (C=O) groups is 2. The number of nitrogens with zero attached hydrogens (tertiary/aromatic N) is 5. The van der Waals surface area contributed by atoms with Crippen molar-refractivity contribution in [1.29, 1.82) is 0 Å². The van der Waals surface area contributed by atoms with Crippen molar-refractivity contribution >= 4 is 29.2 Å². The van der Waals surface area contributed by atoms with E-state index >= 15 is 0 Å². The van der Waals surface area contributed by atoms with Gasteiger partial charge in [0.2, 0.25) is 0 Å². The Balaban J connectivity index is 1.87. The Kier molecular flexibility index (Phi) is 5.25. The zero-order chi connectivity index (χ0) is 19.4. The molecule has 0 aliphatic heterocycles. The summed E-state index contributed by atoms with van der Waals surface area (Å²) in [6, 6.07) is 6.97. The normalized spacial score (nSPS) is 11.1. The van der Waals surface area contributed by atoms with Crippen molar-refractivity contribution in [3.05, 3.63) is 54.1 Å². The second kappa shape index (κ2) is 7.77. The fourth-order valence-corrected chi connectivity index (χ4v) is 2.45. The molecule has 0 spiro atoms. The van der Waals surface area contributed by atoms with Gasteiger partial charge in [-0.05, 0) is 31.2 Å². The summed E-state index contributed by atoms with van der Waals surface area (Å²) < 4.78 is 6.82. The van der Waals surface area contributed by atoms with Crippen molar-refractivity contribution in [2.24, 2.45) is 4.99 Å². The van der Waals surface area contributed by atoms with Crippen molar-refractivity contribution in [2.75, 3.05) is 20.7 Å². The molecule has 3 heterocycles. The van der Waals surface area contributed by atoms with E-state index in [-0.39, 0.29) is 5.69 Å². The topological polar surface area (TPSA) is 89.7 Å². The largest absolute Gasteiger partial charge is 0.462 e. The summed E-state index contributed by atoms with van der Waals surface area (Å²) in [5.74, 6) is -0.813. The first kappa shape index (κ1) is 18.2. The van der Waals surface area contributed by atoms with Crippen molar-refractivity contribution < 1.29 is 14.3 Å². The maximum Gasteiger partial charge on any atom is 0.339 e. The molecule has 0 aromatic carbocycles. The fourth-order valence-electron chi connectivity index (χ4n) is 2.45. The van der Waals surface area contributed by atoms with Crippen molar-refractivity contribution in [3.63, 3.8) is 0 Å². The molecule has 0 bridgehead atoms. The number of hydrogen-bond donors (Lipinski definition) is 0. The molecule has 0 N–H and O–H groups in total. The quantitative estimate of drug-likeness (QED) is 0.392. The molecule has 3 aromatic heterocycles. The van der Waals surface area contributed by atoms with Gasteiger partial charge < -0.3 is 9.64 Å². The minimum Gasteiger partial charge on any atom is -0.462 e. The van der Waals surface area contributed by atoms with Crippen LogP contribution in [0.3, 0.4) is 0 Å². The van der Waals surface area contributed by atoms with E-state index < -0.39 is 11.9 Å². The summed E-state index contributed by atoms with van der Waals surface area (Å²) >= 11 is 0. The first-order chi connectivity index (χ1) is 13.0. The lowest BCUT2D eigenvalue weighted by Crippen LogP contribution is -2.10. The van der Waals surface area contributed by atoms with E-state index in [0.717, 1.165) is 11.1 Å². The second-order valence-corrected chi connectivity index (χ2v) is 5.96. The lowest BCUT2D eigenvalue weighted by Gasteiger charge is -2.06. The first-order valence-electron chi connectivity index (χ1n) is 8.35. The third kappa shape index (κ3) is 4.00. The molecule has 8 heteroatoms. The van der Waals surface area contributed by atoms with Crippen molar-refractivity contribution in [2.45, 2.75) is 6.92 Å². The highest BCUT2D eigenvalue weighted by Gasteiger charge is 2.12. The van der Waals surface area contributed by atoms with Gasteiger partial charge in [-0.25, -0.2) is 14.8 Å². The SMILES string of the molecule is CCOC(=O)c1cnc2c(ccn2-c2ccc(C(=O)N=CN(C)C)nc2)c1. The summed E-state index contributed by atoms with van der Waals surface area (Å²) in [5.41, 5.74) is 2.08. The van der Waals surface area contributed by atoms with Gasteiger partial charge in [-0.15, -0.1) is 0 Å². The van der Waals surface area contributed by atoms with Crippen LogP contribution in [-0.4, -0.2) is 58.4 Å². The number of aromatic nitrogens is 3. The Labute approximate surface area is 156 Å². The van der Waals surface area contributed by atoms with E-state index in [1.807, 2.05) is 16.8 Å². The summed E-state index contributed by atoms with van der Waals surface area (Å²) in [4.78, 5) is 37.8. The van der Waals surface area contributed by atoms with Gasteiger partial charge in [0.25, 0.3) is 5.91 Å². The molecular weight excluding hydrogens is 346 g/mol. The van der Waals surface area contributed by atoms with Gasteiger partial charge in [0, 0.05) is 31.9 Å². The number of esters is 1. The van der Waals surface area contributed by atoms with Crippen LogP contribution in [-0.2, 0) is 4.74 Å². The Morgan fingerprint density at radius 3 is 2.70 bits per heavy atom. The Morgan fingerprint density at radius 1 is 1.22 bits per heavy atom. The predicted octanol–water partition coefficient (Wildman–Crippen LogP) is 2.33. The van der Waals surface area contributed by atoms with Crippen LogP contribution in [0, 0.1) is 0 Å². The molecule has 3 rings (SSSR count). The van der Waals surface area contributed by atoms with E-state index in [1.165, 1.54) is 12.5 Å². The predicted molar refractivity (Wildman–Crippen MR) is 101 cm³/mol. The molecule has 0 unspecified atom stereocenters. The molecule has 3 aromatic rings. The lowest BCUT2D eigenvalue weighted by atomic mass is 10.2. The number of amides is 1. The second-order valence-electron chi connectivity index (χ2n) is 5.96. The van der Waals surface area contributed by atoms with Crippen LogP contribution in [0.4, 0.5) is 0 Å². The first-order valence-corrected chi connectivity index (χ1v) is 8.35. The fraction of sp³-hybridized carbons (Fsp3) is 0.211. The third-order valence-corrected chi connectivity index (χ3v) is 3.69. The lowest BCUT2D eigenvalue weighted by molar-refractivity contribution is 0.0526. The monoisotopic (exact) mass is 365 g/mol. The van der Waals surface area contributed by atoms with Crippen molar-refractivity contribution in [3.8, 4) is 5.69 Å². The molecule has 0 saturated carbocycles. The number of carbonyl (C=O) groups excluding carboxylic acids is 2. The zero-order valence-electron chi connectivity index (χ0n) is 15.3. The van der Waals surface area contributed by atoms with Gasteiger partial charge in [0.1, 0.15) is 11.3 Å².